The Morgan fingerprint density at radius 1 is 1.08 bits per heavy atom. The fourth-order valence-corrected chi connectivity index (χ4v) is 2.85. The van der Waals surface area contributed by atoms with Gasteiger partial charge in [0.05, 0.1) is 18.6 Å². The number of carbonyl (C=O) groups excluding carboxylic acids is 1. The van der Waals surface area contributed by atoms with Crippen molar-refractivity contribution in [2.45, 2.75) is 11.4 Å². The summed E-state index contributed by atoms with van der Waals surface area (Å²) in [5.41, 5.74) is 0.852. The smallest absolute Gasteiger partial charge is 0.241 e. The molecule has 24 heavy (non-hydrogen) atoms. The first kappa shape index (κ1) is 17.9. The maximum absolute atomic E-state index is 12.8. The van der Waals surface area contributed by atoms with E-state index in [4.69, 9.17) is 4.74 Å². The molecule has 0 radical (unpaired) electrons. The largest absolute Gasteiger partial charge is 0.497 e. The predicted octanol–water partition coefficient (Wildman–Crippen LogP) is 1.43. The zero-order valence-corrected chi connectivity index (χ0v) is 13.8. The first-order valence-electron chi connectivity index (χ1n) is 7.05. The maximum Gasteiger partial charge on any atom is 0.241 e. The summed E-state index contributed by atoms with van der Waals surface area (Å²) in [5, 5.41) is 2.60. The van der Waals surface area contributed by atoms with Gasteiger partial charge in [0.1, 0.15) is 11.6 Å². The van der Waals surface area contributed by atoms with Crippen LogP contribution in [-0.2, 0) is 21.4 Å². The van der Waals surface area contributed by atoms with Crippen LogP contribution in [0.3, 0.4) is 0 Å². The van der Waals surface area contributed by atoms with Crippen molar-refractivity contribution in [3.63, 3.8) is 0 Å². The van der Waals surface area contributed by atoms with Gasteiger partial charge in [-0.25, -0.2) is 17.5 Å². The van der Waals surface area contributed by atoms with Crippen LogP contribution in [0.4, 0.5) is 4.39 Å². The van der Waals surface area contributed by atoms with Crippen LogP contribution < -0.4 is 14.8 Å². The lowest BCUT2D eigenvalue weighted by Gasteiger charge is -2.08. The number of benzene rings is 2. The molecule has 0 fully saturated rings. The molecule has 0 aliphatic heterocycles. The number of halogens is 1. The normalized spacial score (nSPS) is 11.1. The molecular weight excluding hydrogens is 335 g/mol. The third-order valence-corrected chi connectivity index (χ3v) is 4.61. The standard InChI is InChI=1S/C16H17FN2O4S/c1-23-14-6-2-12(3-7-14)10-18-16(20)11-19-24(21,22)15-8-4-13(17)5-9-15/h2-9,19H,10-11H2,1H3,(H,18,20). The van der Waals surface area contributed by atoms with Crippen LogP contribution in [-0.4, -0.2) is 28.0 Å². The Morgan fingerprint density at radius 2 is 1.71 bits per heavy atom. The monoisotopic (exact) mass is 352 g/mol. The van der Waals surface area contributed by atoms with Crippen LogP contribution in [0.1, 0.15) is 5.56 Å². The van der Waals surface area contributed by atoms with Crippen molar-refractivity contribution in [1.82, 2.24) is 10.0 Å². The molecule has 8 heteroatoms. The molecular formula is C16H17FN2O4S. The SMILES string of the molecule is COc1ccc(CNC(=O)CNS(=O)(=O)c2ccc(F)cc2)cc1. The van der Waals surface area contributed by atoms with Gasteiger partial charge in [-0.05, 0) is 42.0 Å². The van der Waals surface area contributed by atoms with Crippen molar-refractivity contribution in [1.29, 1.82) is 0 Å². The van der Waals surface area contributed by atoms with Gasteiger partial charge in [0, 0.05) is 6.54 Å². The lowest BCUT2D eigenvalue weighted by atomic mass is 10.2. The van der Waals surface area contributed by atoms with Crippen molar-refractivity contribution < 1.29 is 22.3 Å². The molecule has 0 saturated heterocycles. The fraction of sp³-hybridized carbons (Fsp3) is 0.188. The van der Waals surface area contributed by atoms with Crippen LogP contribution in [0.15, 0.2) is 53.4 Å². The van der Waals surface area contributed by atoms with E-state index >= 15 is 0 Å². The van der Waals surface area contributed by atoms with E-state index in [0.29, 0.717) is 5.75 Å². The fourth-order valence-electron chi connectivity index (χ4n) is 1.86. The Labute approximate surface area is 139 Å². The van der Waals surface area contributed by atoms with Crippen molar-refractivity contribution in [2.75, 3.05) is 13.7 Å². The van der Waals surface area contributed by atoms with Crippen molar-refractivity contribution in [3.8, 4) is 5.75 Å². The van der Waals surface area contributed by atoms with E-state index in [9.17, 15) is 17.6 Å². The number of ether oxygens (including phenoxy) is 1. The summed E-state index contributed by atoms with van der Waals surface area (Å²) in [6, 6.07) is 11.5. The van der Waals surface area contributed by atoms with Gasteiger partial charge in [-0.3, -0.25) is 4.79 Å². The third-order valence-electron chi connectivity index (χ3n) is 3.20. The van der Waals surface area contributed by atoms with E-state index < -0.39 is 28.3 Å². The van der Waals surface area contributed by atoms with Crippen molar-refractivity contribution >= 4 is 15.9 Å². The summed E-state index contributed by atoms with van der Waals surface area (Å²) in [6.07, 6.45) is 0. The van der Waals surface area contributed by atoms with Crippen molar-refractivity contribution in [3.05, 3.63) is 59.9 Å². The number of methoxy groups -OCH3 is 1. The Hall–Kier alpha value is -2.45. The molecule has 6 nitrogen and oxygen atoms in total. The molecule has 0 spiro atoms. The summed E-state index contributed by atoms with van der Waals surface area (Å²) >= 11 is 0. The molecule has 2 rings (SSSR count). The van der Waals surface area contributed by atoms with Crippen LogP contribution in [0.2, 0.25) is 0 Å². The number of rotatable bonds is 7. The molecule has 0 bridgehead atoms. The molecule has 0 atom stereocenters. The first-order valence-corrected chi connectivity index (χ1v) is 8.54. The second kappa shape index (κ2) is 7.89. The van der Waals surface area contributed by atoms with Crippen LogP contribution >= 0.6 is 0 Å². The average molecular weight is 352 g/mol. The summed E-state index contributed by atoms with van der Waals surface area (Å²) in [6.45, 7) is -0.142. The summed E-state index contributed by atoms with van der Waals surface area (Å²) < 4.78 is 43.9. The second-order valence-electron chi connectivity index (χ2n) is 4.90. The summed E-state index contributed by atoms with van der Waals surface area (Å²) in [5.74, 6) is -0.306. The molecule has 0 aromatic heterocycles. The number of hydrogen-bond donors (Lipinski definition) is 2. The highest BCUT2D eigenvalue weighted by atomic mass is 32.2. The molecule has 128 valence electrons. The molecule has 0 heterocycles. The van der Waals surface area contributed by atoms with Crippen LogP contribution in [0.25, 0.3) is 0 Å². The van der Waals surface area contributed by atoms with Gasteiger partial charge >= 0.3 is 0 Å². The highest BCUT2D eigenvalue weighted by Gasteiger charge is 2.15. The molecule has 2 aromatic rings. The van der Waals surface area contributed by atoms with E-state index in [1.807, 2.05) is 0 Å². The average Bonchev–Trinajstić information content (AvgIpc) is 2.59. The minimum Gasteiger partial charge on any atom is -0.497 e. The van der Waals surface area contributed by atoms with Crippen LogP contribution in [0, 0.1) is 5.82 Å². The van der Waals surface area contributed by atoms with Gasteiger partial charge in [-0.2, -0.15) is 0 Å². The summed E-state index contributed by atoms with van der Waals surface area (Å²) in [4.78, 5) is 11.6. The minimum atomic E-state index is -3.86. The topological polar surface area (TPSA) is 84.5 Å². The van der Waals surface area contributed by atoms with E-state index in [2.05, 4.69) is 10.0 Å². The predicted molar refractivity (Wildman–Crippen MR) is 86.4 cm³/mol. The Bertz CT molecular complexity index is 790. The highest BCUT2D eigenvalue weighted by molar-refractivity contribution is 7.89. The number of hydrogen-bond acceptors (Lipinski definition) is 4. The highest BCUT2D eigenvalue weighted by Crippen LogP contribution is 2.11. The molecule has 0 aliphatic rings. The van der Waals surface area contributed by atoms with E-state index in [1.165, 1.54) is 0 Å². The molecule has 2 N–H and O–H groups in total. The van der Waals surface area contributed by atoms with Gasteiger partial charge < -0.3 is 10.1 Å². The van der Waals surface area contributed by atoms with Crippen LogP contribution in [0.5, 0.6) is 5.75 Å². The van der Waals surface area contributed by atoms with E-state index in [-0.39, 0.29) is 11.4 Å². The van der Waals surface area contributed by atoms with Gasteiger partial charge in [-0.1, -0.05) is 12.1 Å². The quantitative estimate of drug-likeness (QED) is 0.789. The minimum absolute atomic E-state index is 0.105. The Kier molecular flexibility index (Phi) is 5.88. The molecule has 1 amide bonds. The number of amides is 1. The maximum atomic E-state index is 12.8. The molecule has 0 aliphatic carbocycles. The molecule has 0 unspecified atom stereocenters. The second-order valence-corrected chi connectivity index (χ2v) is 6.67. The zero-order chi connectivity index (χ0) is 17.6. The van der Waals surface area contributed by atoms with E-state index in [0.717, 1.165) is 29.8 Å². The Morgan fingerprint density at radius 3 is 2.29 bits per heavy atom. The lowest BCUT2D eigenvalue weighted by molar-refractivity contribution is -0.120. The lowest BCUT2D eigenvalue weighted by Crippen LogP contribution is -2.36. The molecule has 0 saturated carbocycles. The number of carbonyl (C=O) groups is 1. The first-order chi connectivity index (χ1) is 11.4. The summed E-state index contributed by atoms with van der Waals surface area (Å²) in [7, 11) is -2.30. The van der Waals surface area contributed by atoms with Gasteiger partial charge in [0.25, 0.3) is 0 Å². The number of sulfonamides is 1. The van der Waals surface area contributed by atoms with Crippen molar-refractivity contribution in [2.24, 2.45) is 0 Å². The van der Waals surface area contributed by atoms with E-state index in [1.54, 1.807) is 31.4 Å². The zero-order valence-electron chi connectivity index (χ0n) is 13.0. The Balaban J connectivity index is 1.84. The number of nitrogens with one attached hydrogen (secondary N) is 2. The third kappa shape index (κ3) is 5.04. The van der Waals surface area contributed by atoms with Gasteiger partial charge in [-0.15, -0.1) is 0 Å². The molecule has 2 aromatic carbocycles. The van der Waals surface area contributed by atoms with Gasteiger partial charge in [0.15, 0.2) is 0 Å². The van der Waals surface area contributed by atoms with Gasteiger partial charge in [0.2, 0.25) is 15.9 Å².